The summed E-state index contributed by atoms with van der Waals surface area (Å²) in [5.41, 5.74) is 2.86. The summed E-state index contributed by atoms with van der Waals surface area (Å²) in [5.74, 6) is 0. The first-order valence-electron chi connectivity index (χ1n) is 6.24. The van der Waals surface area contributed by atoms with Gasteiger partial charge in [-0.3, -0.25) is 0 Å². The van der Waals surface area contributed by atoms with Crippen LogP contribution in [0.4, 0.5) is 5.69 Å². The molecule has 0 saturated carbocycles. The van der Waals surface area contributed by atoms with Gasteiger partial charge in [-0.25, -0.2) is 13.6 Å². The number of nitrogens with two attached hydrogens (primary N) is 1. The highest BCUT2D eigenvalue weighted by atomic mass is 32.2. The van der Waals surface area contributed by atoms with E-state index >= 15 is 0 Å². The quantitative estimate of drug-likeness (QED) is 0.780. The largest absolute Gasteiger partial charge is 0.385 e. The zero-order chi connectivity index (χ0) is 13.8. The molecular formula is C13H22N2O2S. The Morgan fingerprint density at radius 3 is 2.44 bits per heavy atom. The van der Waals surface area contributed by atoms with Crippen molar-refractivity contribution in [3.8, 4) is 0 Å². The van der Waals surface area contributed by atoms with E-state index in [1.165, 1.54) is 6.42 Å². The lowest BCUT2D eigenvalue weighted by Crippen LogP contribution is -2.14. The van der Waals surface area contributed by atoms with E-state index in [0.717, 1.165) is 36.2 Å². The smallest absolute Gasteiger partial charge is 0.238 e. The molecule has 4 nitrogen and oxygen atoms in total. The Balaban J connectivity index is 2.93. The van der Waals surface area contributed by atoms with Crippen LogP contribution in [0.15, 0.2) is 17.0 Å². The second-order valence-electron chi connectivity index (χ2n) is 4.59. The molecule has 0 spiro atoms. The molecule has 3 N–H and O–H groups in total. The number of primary sulfonamides is 1. The molecule has 1 aromatic carbocycles. The van der Waals surface area contributed by atoms with E-state index in [4.69, 9.17) is 5.14 Å². The van der Waals surface area contributed by atoms with Gasteiger partial charge in [-0.1, -0.05) is 19.8 Å². The van der Waals surface area contributed by atoms with Crippen molar-refractivity contribution in [1.29, 1.82) is 0 Å². The fourth-order valence-corrected chi connectivity index (χ4v) is 2.40. The Morgan fingerprint density at radius 1 is 1.22 bits per heavy atom. The van der Waals surface area contributed by atoms with Crippen LogP contribution in [0.5, 0.6) is 0 Å². The van der Waals surface area contributed by atoms with Crippen LogP contribution in [0.3, 0.4) is 0 Å². The Hall–Kier alpha value is -1.07. The fraction of sp³-hybridized carbons (Fsp3) is 0.538. The third kappa shape index (κ3) is 3.99. The predicted molar refractivity (Wildman–Crippen MR) is 75.3 cm³/mol. The van der Waals surface area contributed by atoms with Gasteiger partial charge in [0.2, 0.25) is 10.0 Å². The van der Waals surface area contributed by atoms with Gasteiger partial charge in [0.15, 0.2) is 0 Å². The molecule has 0 aromatic heterocycles. The summed E-state index contributed by atoms with van der Waals surface area (Å²) in [6.45, 7) is 6.87. The molecule has 0 unspecified atom stereocenters. The summed E-state index contributed by atoms with van der Waals surface area (Å²) in [4.78, 5) is 0.170. The van der Waals surface area contributed by atoms with Crippen molar-refractivity contribution in [2.45, 2.75) is 44.9 Å². The van der Waals surface area contributed by atoms with E-state index in [9.17, 15) is 8.42 Å². The minimum Gasteiger partial charge on any atom is -0.385 e. The van der Waals surface area contributed by atoms with E-state index < -0.39 is 10.0 Å². The molecule has 18 heavy (non-hydrogen) atoms. The topological polar surface area (TPSA) is 72.2 Å². The molecule has 0 bridgehead atoms. The van der Waals surface area contributed by atoms with Crippen molar-refractivity contribution in [3.05, 3.63) is 23.3 Å². The minimum absolute atomic E-state index is 0.170. The highest BCUT2D eigenvalue weighted by Gasteiger charge is 2.12. The van der Waals surface area contributed by atoms with Crippen molar-refractivity contribution < 1.29 is 8.42 Å². The standard InChI is InChI=1S/C13H22N2O2S/c1-4-5-6-7-15-13-9-12(18(14,16)17)8-10(2)11(13)3/h8-9,15H,4-7H2,1-3H3,(H2,14,16,17). The third-order valence-electron chi connectivity index (χ3n) is 3.07. The summed E-state index contributed by atoms with van der Waals surface area (Å²) in [6.07, 6.45) is 3.41. The molecule has 0 fully saturated rings. The van der Waals surface area contributed by atoms with Gasteiger partial charge in [0.05, 0.1) is 4.90 Å². The lowest BCUT2D eigenvalue weighted by molar-refractivity contribution is 0.597. The third-order valence-corrected chi connectivity index (χ3v) is 3.96. The summed E-state index contributed by atoms with van der Waals surface area (Å²) in [7, 11) is -3.64. The van der Waals surface area contributed by atoms with Crippen LogP contribution >= 0.6 is 0 Å². The van der Waals surface area contributed by atoms with E-state index in [1.807, 2.05) is 13.8 Å². The highest BCUT2D eigenvalue weighted by molar-refractivity contribution is 7.89. The van der Waals surface area contributed by atoms with Crippen LogP contribution in [0, 0.1) is 13.8 Å². The number of aryl methyl sites for hydroxylation is 1. The van der Waals surface area contributed by atoms with Crippen LogP contribution in [-0.4, -0.2) is 15.0 Å². The maximum Gasteiger partial charge on any atom is 0.238 e. The molecule has 0 aliphatic heterocycles. The normalized spacial score (nSPS) is 11.6. The molecule has 0 aliphatic rings. The molecule has 102 valence electrons. The van der Waals surface area contributed by atoms with Crippen LogP contribution in [0.1, 0.15) is 37.3 Å². The molecule has 0 amide bonds. The zero-order valence-corrected chi connectivity index (χ0v) is 12.1. The highest BCUT2D eigenvalue weighted by Crippen LogP contribution is 2.23. The number of rotatable bonds is 6. The summed E-state index contributed by atoms with van der Waals surface area (Å²) >= 11 is 0. The lowest BCUT2D eigenvalue weighted by atomic mass is 10.1. The van der Waals surface area contributed by atoms with Crippen LogP contribution in [0.25, 0.3) is 0 Å². The van der Waals surface area contributed by atoms with Crippen molar-refractivity contribution >= 4 is 15.7 Å². The maximum absolute atomic E-state index is 11.4. The molecule has 0 saturated heterocycles. The summed E-state index contributed by atoms with van der Waals surface area (Å²) < 4.78 is 22.7. The Kier molecular flexibility index (Phi) is 5.16. The van der Waals surface area contributed by atoms with Gasteiger partial charge in [-0.15, -0.1) is 0 Å². The lowest BCUT2D eigenvalue weighted by Gasteiger charge is -2.13. The van der Waals surface area contributed by atoms with Crippen molar-refractivity contribution in [2.24, 2.45) is 5.14 Å². The fourth-order valence-electron chi connectivity index (χ4n) is 1.77. The average Bonchev–Trinajstić information content (AvgIpc) is 2.28. The monoisotopic (exact) mass is 270 g/mol. The Morgan fingerprint density at radius 2 is 1.89 bits per heavy atom. The second kappa shape index (κ2) is 6.20. The SMILES string of the molecule is CCCCCNc1cc(S(N)(=O)=O)cc(C)c1C. The van der Waals surface area contributed by atoms with Gasteiger partial charge in [-0.05, 0) is 43.5 Å². The molecule has 1 aromatic rings. The summed E-state index contributed by atoms with van der Waals surface area (Å²) in [5, 5.41) is 8.45. The van der Waals surface area contributed by atoms with Crippen LogP contribution in [-0.2, 0) is 10.0 Å². The van der Waals surface area contributed by atoms with Gasteiger partial charge in [-0.2, -0.15) is 0 Å². The Bertz CT molecular complexity index is 510. The van der Waals surface area contributed by atoms with E-state index in [-0.39, 0.29) is 4.90 Å². The van der Waals surface area contributed by atoms with Gasteiger partial charge < -0.3 is 5.32 Å². The molecule has 0 radical (unpaired) electrons. The van der Waals surface area contributed by atoms with Crippen molar-refractivity contribution in [1.82, 2.24) is 0 Å². The maximum atomic E-state index is 11.4. The Labute approximate surface area is 110 Å². The molecule has 0 aliphatic carbocycles. The van der Waals surface area contributed by atoms with Crippen LogP contribution in [0.2, 0.25) is 0 Å². The molecular weight excluding hydrogens is 248 g/mol. The first kappa shape index (κ1) is 15.0. The zero-order valence-electron chi connectivity index (χ0n) is 11.3. The first-order chi connectivity index (χ1) is 8.36. The van der Waals surface area contributed by atoms with Gasteiger partial charge in [0.25, 0.3) is 0 Å². The molecule has 5 heteroatoms. The second-order valence-corrected chi connectivity index (χ2v) is 6.15. The van der Waals surface area contributed by atoms with Crippen LogP contribution < -0.4 is 10.5 Å². The first-order valence-corrected chi connectivity index (χ1v) is 7.78. The number of sulfonamides is 1. The number of unbranched alkanes of at least 4 members (excludes halogenated alkanes) is 2. The van der Waals surface area contributed by atoms with Gasteiger partial charge in [0.1, 0.15) is 0 Å². The van der Waals surface area contributed by atoms with E-state index in [1.54, 1.807) is 12.1 Å². The molecule has 1 rings (SSSR count). The van der Waals surface area contributed by atoms with E-state index in [0.29, 0.717) is 0 Å². The number of hydrogen-bond acceptors (Lipinski definition) is 3. The minimum atomic E-state index is -3.64. The number of nitrogens with one attached hydrogen (secondary N) is 1. The molecule has 0 atom stereocenters. The average molecular weight is 270 g/mol. The van der Waals surface area contributed by atoms with Gasteiger partial charge >= 0.3 is 0 Å². The van der Waals surface area contributed by atoms with E-state index in [2.05, 4.69) is 12.2 Å². The predicted octanol–water partition coefficient (Wildman–Crippen LogP) is 2.55. The summed E-state index contributed by atoms with van der Waals surface area (Å²) in [6, 6.07) is 3.23. The van der Waals surface area contributed by atoms with Crippen molar-refractivity contribution in [3.63, 3.8) is 0 Å². The number of hydrogen-bond donors (Lipinski definition) is 2. The van der Waals surface area contributed by atoms with Gasteiger partial charge in [0, 0.05) is 12.2 Å². The van der Waals surface area contributed by atoms with Crippen molar-refractivity contribution in [2.75, 3.05) is 11.9 Å². The number of benzene rings is 1. The molecule has 0 heterocycles. The number of anilines is 1.